The first-order valence-electron chi connectivity index (χ1n) is 9.83. The maximum Gasteiger partial charge on any atom is 0.0885 e. The van der Waals surface area contributed by atoms with Crippen molar-refractivity contribution in [2.45, 2.75) is 31.5 Å². The second-order valence-electron chi connectivity index (χ2n) is 8.85. The first-order chi connectivity index (χ1) is 12.8. The molecule has 0 radical (unpaired) electrons. The summed E-state index contributed by atoms with van der Waals surface area (Å²) in [6, 6.07) is 15.5. The molecule has 4 rings (SSSR count). The van der Waals surface area contributed by atoms with Gasteiger partial charge in [-0.15, -0.1) is 0 Å². The van der Waals surface area contributed by atoms with Gasteiger partial charge >= 0.3 is 0 Å². The van der Waals surface area contributed by atoms with Crippen LogP contribution in [0.1, 0.15) is 22.6 Å². The molecule has 140 valence electrons. The fourth-order valence-electron chi connectivity index (χ4n) is 5.09. The Labute approximate surface area is 164 Å². The van der Waals surface area contributed by atoms with Crippen LogP contribution in [0, 0.1) is 12.8 Å². The van der Waals surface area contributed by atoms with Gasteiger partial charge in [-0.25, -0.2) is 0 Å². The molecule has 3 unspecified atom stereocenters. The van der Waals surface area contributed by atoms with Gasteiger partial charge in [-0.1, -0.05) is 60.8 Å². The van der Waals surface area contributed by atoms with Crippen LogP contribution in [0.4, 0.5) is 5.69 Å². The number of fused-ring (bicyclic) bond motifs is 2. The van der Waals surface area contributed by atoms with Crippen LogP contribution in [-0.2, 0) is 0 Å². The van der Waals surface area contributed by atoms with Crippen molar-refractivity contribution in [1.29, 1.82) is 0 Å². The standard InChI is InChI=1S/C24H30N2Si/c1-16-8-6-7-9-19(16)24-20-12-10-17(25)14-22(20)27(4,5)23-15-18(26(2)3)11-13-21(23)24/h6-15,21,23-24H,25H2,1-5H3. The van der Waals surface area contributed by atoms with Crippen LogP contribution in [0.15, 0.2) is 66.4 Å². The first-order valence-corrected chi connectivity index (χ1v) is 12.9. The van der Waals surface area contributed by atoms with Crippen LogP contribution in [0.2, 0.25) is 18.6 Å². The second kappa shape index (κ2) is 6.41. The van der Waals surface area contributed by atoms with Crippen LogP contribution in [0.3, 0.4) is 0 Å². The van der Waals surface area contributed by atoms with Crippen molar-refractivity contribution in [1.82, 2.24) is 4.90 Å². The average molecular weight is 375 g/mol. The van der Waals surface area contributed by atoms with Gasteiger partial charge < -0.3 is 10.6 Å². The number of benzene rings is 2. The van der Waals surface area contributed by atoms with E-state index in [1.807, 2.05) is 0 Å². The summed E-state index contributed by atoms with van der Waals surface area (Å²) in [7, 11) is 2.56. The highest BCUT2D eigenvalue weighted by molar-refractivity contribution is 6.92. The Morgan fingerprint density at radius 1 is 1.00 bits per heavy atom. The summed E-state index contributed by atoms with van der Waals surface area (Å²) in [6.07, 6.45) is 7.33. The predicted octanol–water partition coefficient (Wildman–Crippen LogP) is 4.64. The number of likely N-dealkylation sites (N-methyl/N-ethyl adjacent to an activating group) is 1. The molecule has 0 aromatic heterocycles. The average Bonchev–Trinajstić information content (AvgIpc) is 2.63. The van der Waals surface area contributed by atoms with Gasteiger partial charge in [0, 0.05) is 31.4 Å². The zero-order valence-corrected chi connectivity index (χ0v) is 18.0. The molecule has 2 nitrogen and oxygen atoms in total. The molecule has 2 aromatic carbocycles. The van der Waals surface area contributed by atoms with Crippen molar-refractivity contribution in [3.05, 3.63) is 83.1 Å². The highest BCUT2D eigenvalue weighted by atomic mass is 28.3. The summed E-state index contributed by atoms with van der Waals surface area (Å²) in [5.41, 5.74) is 13.3. The molecule has 0 fully saturated rings. The lowest BCUT2D eigenvalue weighted by atomic mass is 9.75. The lowest BCUT2D eigenvalue weighted by Crippen LogP contribution is -2.55. The van der Waals surface area contributed by atoms with E-state index < -0.39 is 8.07 Å². The van der Waals surface area contributed by atoms with Crippen molar-refractivity contribution in [2.24, 2.45) is 5.92 Å². The number of rotatable bonds is 2. The van der Waals surface area contributed by atoms with Gasteiger partial charge in [0.25, 0.3) is 0 Å². The number of nitrogen functional groups attached to an aromatic ring is 1. The number of nitrogens with zero attached hydrogens (tertiary/aromatic N) is 1. The van der Waals surface area contributed by atoms with Crippen LogP contribution in [0.5, 0.6) is 0 Å². The Hall–Kier alpha value is -2.26. The number of anilines is 1. The van der Waals surface area contributed by atoms with Gasteiger partial charge in [-0.3, -0.25) is 0 Å². The third-order valence-corrected chi connectivity index (χ3v) is 10.7. The number of aryl methyl sites for hydroxylation is 1. The largest absolute Gasteiger partial charge is 0.399 e. The summed E-state index contributed by atoms with van der Waals surface area (Å²) in [6.45, 7) is 7.27. The lowest BCUT2D eigenvalue weighted by Gasteiger charge is -2.48. The molecule has 3 heteroatoms. The van der Waals surface area contributed by atoms with Crippen molar-refractivity contribution in [3.8, 4) is 0 Å². The molecule has 1 heterocycles. The van der Waals surface area contributed by atoms with Crippen LogP contribution in [-0.4, -0.2) is 27.1 Å². The molecule has 0 amide bonds. The van der Waals surface area contributed by atoms with Gasteiger partial charge in [-0.2, -0.15) is 0 Å². The Balaban J connectivity index is 1.97. The second-order valence-corrected chi connectivity index (χ2v) is 13.5. The van der Waals surface area contributed by atoms with E-state index in [0.29, 0.717) is 17.4 Å². The molecule has 2 aliphatic rings. The maximum absolute atomic E-state index is 6.25. The summed E-state index contributed by atoms with van der Waals surface area (Å²) in [5, 5.41) is 1.53. The lowest BCUT2D eigenvalue weighted by molar-refractivity contribution is 0.494. The van der Waals surface area contributed by atoms with Gasteiger partial charge in [0.05, 0.1) is 8.07 Å². The molecule has 0 saturated heterocycles. The Kier molecular flexibility index (Phi) is 4.30. The van der Waals surface area contributed by atoms with E-state index >= 15 is 0 Å². The molecule has 2 aromatic rings. The minimum Gasteiger partial charge on any atom is -0.399 e. The monoisotopic (exact) mass is 374 g/mol. The van der Waals surface area contributed by atoms with Crippen LogP contribution in [0.25, 0.3) is 0 Å². The van der Waals surface area contributed by atoms with E-state index in [0.717, 1.165) is 5.69 Å². The topological polar surface area (TPSA) is 29.3 Å². The number of hydrogen-bond acceptors (Lipinski definition) is 2. The summed E-state index contributed by atoms with van der Waals surface area (Å²) >= 11 is 0. The number of allylic oxidation sites excluding steroid dienone is 3. The van der Waals surface area contributed by atoms with Crippen molar-refractivity contribution >= 4 is 18.9 Å². The minimum absolute atomic E-state index is 0.392. The number of nitrogens with two attached hydrogens (primary N) is 1. The highest BCUT2D eigenvalue weighted by Crippen LogP contribution is 2.51. The van der Waals surface area contributed by atoms with E-state index in [9.17, 15) is 0 Å². The molecule has 2 N–H and O–H groups in total. The normalized spacial score (nSPS) is 25.4. The van der Waals surface area contributed by atoms with E-state index in [1.165, 1.54) is 27.6 Å². The van der Waals surface area contributed by atoms with Gasteiger partial charge in [-0.05, 0) is 53.3 Å². The first kappa shape index (κ1) is 18.1. The third kappa shape index (κ3) is 2.85. The third-order valence-electron chi connectivity index (χ3n) is 6.62. The van der Waals surface area contributed by atoms with Crippen molar-refractivity contribution in [2.75, 3.05) is 19.8 Å². The van der Waals surface area contributed by atoms with Gasteiger partial charge in [0.2, 0.25) is 0 Å². The summed E-state index contributed by atoms with van der Waals surface area (Å²) < 4.78 is 0. The Bertz CT molecular complexity index is 939. The zero-order chi connectivity index (χ0) is 19.3. The quantitative estimate of drug-likeness (QED) is 0.613. The molecule has 27 heavy (non-hydrogen) atoms. The Morgan fingerprint density at radius 2 is 1.74 bits per heavy atom. The minimum atomic E-state index is -1.72. The predicted molar refractivity (Wildman–Crippen MR) is 119 cm³/mol. The van der Waals surface area contributed by atoms with Crippen molar-refractivity contribution in [3.63, 3.8) is 0 Å². The zero-order valence-electron chi connectivity index (χ0n) is 17.0. The number of hydrogen-bond donors (Lipinski definition) is 1. The summed E-state index contributed by atoms with van der Waals surface area (Å²) in [4.78, 5) is 2.23. The molecule has 0 spiro atoms. The fourth-order valence-corrected chi connectivity index (χ4v) is 8.82. The van der Waals surface area contributed by atoms with E-state index in [-0.39, 0.29) is 0 Å². The van der Waals surface area contributed by atoms with Crippen LogP contribution < -0.4 is 10.9 Å². The molecule has 0 bridgehead atoms. The fraction of sp³-hybridized carbons (Fsp3) is 0.333. The van der Waals surface area contributed by atoms with Gasteiger partial charge in [0.15, 0.2) is 0 Å². The van der Waals surface area contributed by atoms with Gasteiger partial charge in [0.1, 0.15) is 0 Å². The van der Waals surface area contributed by atoms with E-state index in [2.05, 4.69) is 99.7 Å². The molecule has 0 saturated carbocycles. The highest BCUT2D eigenvalue weighted by Gasteiger charge is 2.48. The van der Waals surface area contributed by atoms with Crippen molar-refractivity contribution < 1.29 is 0 Å². The van der Waals surface area contributed by atoms with Crippen LogP contribution >= 0.6 is 0 Å². The molecular formula is C24H30N2Si. The molecule has 1 aliphatic carbocycles. The summed E-state index contributed by atoms with van der Waals surface area (Å²) in [5.74, 6) is 0.899. The van der Waals surface area contributed by atoms with E-state index in [1.54, 1.807) is 0 Å². The molecule has 3 atom stereocenters. The SMILES string of the molecule is Cc1ccccc1C1c2ccc(N)cc2[Si](C)(C)C2C=C(N(C)C)C=CC12. The molecular weight excluding hydrogens is 344 g/mol. The maximum atomic E-state index is 6.25. The Morgan fingerprint density at radius 3 is 2.44 bits per heavy atom. The van der Waals surface area contributed by atoms with E-state index in [4.69, 9.17) is 5.73 Å². The smallest absolute Gasteiger partial charge is 0.0885 e. The molecule has 1 aliphatic heterocycles.